The molecule has 1 radical (unpaired) electrons. The molecular weight excluding hydrogens is 252 g/mol. The van der Waals surface area contributed by atoms with E-state index in [1.807, 2.05) is 27.3 Å². The lowest BCUT2D eigenvalue weighted by Crippen LogP contribution is -2.57. The van der Waals surface area contributed by atoms with Crippen molar-refractivity contribution in [2.75, 3.05) is 20.6 Å². The predicted octanol–water partition coefficient (Wildman–Crippen LogP) is 2.83. The Bertz CT molecular complexity index is 323. The van der Waals surface area contributed by atoms with Crippen LogP contribution in [-0.4, -0.2) is 48.3 Å². The number of carbonyl (C=O) groups is 1. The summed E-state index contributed by atoms with van der Waals surface area (Å²) in [5.74, 6) is 0.0250. The fourth-order valence-corrected chi connectivity index (χ4v) is 2.44. The van der Waals surface area contributed by atoms with Gasteiger partial charge in [0.1, 0.15) is 5.54 Å². The zero-order valence-corrected chi connectivity index (χ0v) is 14.2. The maximum absolute atomic E-state index is 12.8. The molecule has 4 heteroatoms. The van der Waals surface area contributed by atoms with E-state index in [1.54, 1.807) is 11.9 Å². The molecule has 1 unspecified atom stereocenters. The molecule has 0 saturated heterocycles. The number of rotatable bonds is 8. The fourth-order valence-electron chi connectivity index (χ4n) is 2.44. The minimum Gasteiger partial charge on any atom is -0.344 e. The summed E-state index contributed by atoms with van der Waals surface area (Å²) < 4.78 is 0. The molecule has 0 N–H and O–H groups in total. The first-order valence-corrected chi connectivity index (χ1v) is 7.51. The molecule has 20 heavy (non-hydrogen) atoms. The quantitative estimate of drug-likeness (QED) is 0.643. The first-order chi connectivity index (χ1) is 9.14. The molecule has 0 aliphatic carbocycles. The number of hydrogen-bond donors (Lipinski definition) is 0. The van der Waals surface area contributed by atoms with Crippen LogP contribution in [-0.2, 0) is 9.59 Å². The molecular formula is C16H31N2O2. The Balaban J connectivity index is 5.07. The number of hydrogen-bond acceptors (Lipinski definition) is 2. The molecule has 0 heterocycles. The lowest BCUT2D eigenvalue weighted by molar-refractivity contribution is -0.141. The predicted molar refractivity (Wildman–Crippen MR) is 83.1 cm³/mol. The second-order valence-electron chi connectivity index (χ2n) is 6.82. The monoisotopic (exact) mass is 283 g/mol. The highest BCUT2D eigenvalue weighted by atomic mass is 16.2. The fraction of sp³-hybridized carbons (Fsp3) is 0.875. The molecule has 0 bridgehead atoms. The van der Waals surface area contributed by atoms with Gasteiger partial charge in [0, 0.05) is 20.6 Å². The molecule has 0 aliphatic heterocycles. The van der Waals surface area contributed by atoms with E-state index < -0.39 is 5.54 Å². The summed E-state index contributed by atoms with van der Waals surface area (Å²) in [4.78, 5) is 27.1. The third-order valence-corrected chi connectivity index (χ3v) is 3.97. The van der Waals surface area contributed by atoms with Crippen LogP contribution in [0.4, 0.5) is 0 Å². The molecule has 2 amide bonds. The zero-order chi connectivity index (χ0) is 16.0. The van der Waals surface area contributed by atoms with Crippen molar-refractivity contribution in [3.05, 3.63) is 0 Å². The van der Waals surface area contributed by atoms with Crippen molar-refractivity contribution in [3.8, 4) is 0 Å². The minimum atomic E-state index is -0.747. The van der Waals surface area contributed by atoms with E-state index in [-0.39, 0.29) is 11.3 Å². The second-order valence-corrected chi connectivity index (χ2v) is 6.82. The van der Waals surface area contributed by atoms with Crippen molar-refractivity contribution in [1.29, 1.82) is 0 Å². The van der Waals surface area contributed by atoms with Gasteiger partial charge in [0.15, 0.2) is 0 Å². The zero-order valence-electron chi connectivity index (χ0n) is 14.2. The Morgan fingerprint density at radius 3 is 2.00 bits per heavy atom. The van der Waals surface area contributed by atoms with Crippen LogP contribution in [0.25, 0.3) is 0 Å². The topological polar surface area (TPSA) is 40.6 Å². The van der Waals surface area contributed by atoms with E-state index >= 15 is 0 Å². The Labute approximate surface area is 124 Å². The minimum absolute atomic E-state index is 0.0250. The smallest absolute Gasteiger partial charge is 0.312 e. The van der Waals surface area contributed by atoms with E-state index in [9.17, 15) is 9.59 Å². The summed E-state index contributed by atoms with van der Waals surface area (Å²) in [6, 6.07) is 0. The average Bonchev–Trinajstić information content (AvgIpc) is 2.39. The van der Waals surface area contributed by atoms with Crippen LogP contribution in [0, 0.1) is 5.41 Å². The molecule has 0 aromatic rings. The van der Waals surface area contributed by atoms with Crippen molar-refractivity contribution < 1.29 is 9.59 Å². The van der Waals surface area contributed by atoms with Gasteiger partial charge in [-0.15, -0.1) is 0 Å². The molecule has 0 saturated carbocycles. The molecule has 0 aliphatic rings. The van der Waals surface area contributed by atoms with Gasteiger partial charge in [-0.3, -0.25) is 9.59 Å². The van der Waals surface area contributed by atoms with Crippen LogP contribution in [0.5, 0.6) is 0 Å². The standard InChI is InChI=1S/C16H31N2O2/c1-8-10-16(9-2,18(7)13-19)14(20)17(6)12-11-15(3,4)5/h8-12H2,1-7H3. The highest BCUT2D eigenvalue weighted by Crippen LogP contribution is 2.27. The molecule has 1 atom stereocenters. The summed E-state index contributed by atoms with van der Waals surface area (Å²) in [6.45, 7) is 11.2. The summed E-state index contributed by atoms with van der Waals surface area (Å²) in [5.41, 5.74) is -0.556. The van der Waals surface area contributed by atoms with Gasteiger partial charge < -0.3 is 9.80 Å². The average molecular weight is 283 g/mol. The van der Waals surface area contributed by atoms with Gasteiger partial charge in [0.25, 0.3) is 0 Å². The molecule has 0 spiro atoms. The van der Waals surface area contributed by atoms with Gasteiger partial charge in [-0.25, -0.2) is 0 Å². The van der Waals surface area contributed by atoms with Gasteiger partial charge in [0.05, 0.1) is 0 Å². The molecule has 0 rings (SSSR count). The lowest BCUT2D eigenvalue weighted by atomic mass is 9.86. The van der Waals surface area contributed by atoms with Crippen LogP contribution < -0.4 is 0 Å². The van der Waals surface area contributed by atoms with Crippen LogP contribution in [0.3, 0.4) is 0 Å². The normalized spacial score (nSPS) is 14.6. The molecule has 0 aromatic heterocycles. The Hall–Kier alpha value is -1.06. The van der Waals surface area contributed by atoms with Crippen LogP contribution >= 0.6 is 0 Å². The van der Waals surface area contributed by atoms with Crippen molar-refractivity contribution in [3.63, 3.8) is 0 Å². The summed E-state index contributed by atoms with van der Waals surface area (Å²) >= 11 is 0. The second kappa shape index (κ2) is 7.65. The largest absolute Gasteiger partial charge is 0.344 e. The van der Waals surface area contributed by atoms with Crippen LogP contribution in [0.15, 0.2) is 0 Å². The maximum atomic E-state index is 12.8. The third-order valence-electron chi connectivity index (χ3n) is 3.97. The highest BCUT2D eigenvalue weighted by molar-refractivity contribution is 5.88. The van der Waals surface area contributed by atoms with E-state index in [2.05, 4.69) is 20.8 Å². The number of likely N-dealkylation sites (N-methyl/N-ethyl adjacent to an activating group) is 2. The summed E-state index contributed by atoms with van der Waals surface area (Å²) in [6.07, 6.45) is 4.98. The van der Waals surface area contributed by atoms with Gasteiger partial charge >= 0.3 is 6.41 Å². The molecule has 117 valence electrons. The van der Waals surface area contributed by atoms with Crippen molar-refractivity contribution >= 4 is 12.3 Å². The molecule has 4 nitrogen and oxygen atoms in total. The van der Waals surface area contributed by atoms with Gasteiger partial charge in [-0.1, -0.05) is 41.0 Å². The molecule has 0 aromatic carbocycles. The Morgan fingerprint density at radius 1 is 1.10 bits per heavy atom. The Kier molecular flexibility index (Phi) is 7.25. The Morgan fingerprint density at radius 2 is 1.65 bits per heavy atom. The van der Waals surface area contributed by atoms with Gasteiger partial charge in [-0.2, -0.15) is 0 Å². The van der Waals surface area contributed by atoms with E-state index in [4.69, 9.17) is 0 Å². The maximum Gasteiger partial charge on any atom is 0.312 e. The number of nitrogens with zero attached hydrogens (tertiary/aromatic N) is 2. The third kappa shape index (κ3) is 4.80. The van der Waals surface area contributed by atoms with Crippen molar-refractivity contribution in [2.45, 2.75) is 65.8 Å². The van der Waals surface area contributed by atoms with Gasteiger partial charge in [0.2, 0.25) is 5.91 Å². The van der Waals surface area contributed by atoms with Crippen LogP contribution in [0.2, 0.25) is 0 Å². The van der Waals surface area contributed by atoms with Crippen molar-refractivity contribution in [2.24, 2.45) is 5.41 Å². The lowest BCUT2D eigenvalue weighted by Gasteiger charge is -2.40. The first kappa shape index (κ1) is 18.9. The first-order valence-electron chi connectivity index (χ1n) is 7.51. The van der Waals surface area contributed by atoms with E-state index in [0.717, 1.165) is 12.8 Å². The SMILES string of the molecule is CCCC(CC)(C(=O)N(C)CCC(C)(C)C)N(C)[C]=O. The van der Waals surface area contributed by atoms with E-state index in [1.165, 1.54) is 4.90 Å². The summed E-state index contributed by atoms with van der Waals surface area (Å²) in [7, 11) is 3.48. The number of carbonyl (C=O) groups excluding carboxylic acids is 2. The summed E-state index contributed by atoms with van der Waals surface area (Å²) in [5, 5.41) is 0. The van der Waals surface area contributed by atoms with Crippen LogP contribution in [0.1, 0.15) is 60.3 Å². The molecule has 0 fully saturated rings. The van der Waals surface area contributed by atoms with Gasteiger partial charge in [-0.05, 0) is 24.7 Å². The van der Waals surface area contributed by atoms with E-state index in [0.29, 0.717) is 19.4 Å². The highest BCUT2D eigenvalue weighted by Gasteiger charge is 2.41. The van der Waals surface area contributed by atoms with Crippen molar-refractivity contribution in [1.82, 2.24) is 9.80 Å². The number of amides is 2.